The smallest absolute Gasteiger partial charge is 0.200 e. The van der Waals surface area contributed by atoms with Gasteiger partial charge in [-0.05, 0) is 12.5 Å². The van der Waals surface area contributed by atoms with Crippen LogP contribution in [0.5, 0.6) is 0 Å². The number of rotatable bonds is 6. The van der Waals surface area contributed by atoms with Crippen LogP contribution in [0.1, 0.15) is 18.9 Å². The van der Waals surface area contributed by atoms with Crippen molar-refractivity contribution in [1.82, 2.24) is 0 Å². The van der Waals surface area contributed by atoms with E-state index in [9.17, 15) is 22.0 Å². The third kappa shape index (κ3) is 4.40. The summed E-state index contributed by atoms with van der Waals surface area (Å²) in [4.78, 5) is 4.50. The summed E-state index contributed by atoms with van der Waals surface area (Å²) in [6.45, 7) is 1.08. The fourth-order valence-electron chi connectivity index (χ4n) is 1.29. The Morgan fingerprint density at radius 1 is 0.857 bits per heavy atom. The van der Waals surface area contributed by atoms with Crippen molar-refractivity contribution >= 4 is 6.21 Å². The molecule has 0 bridgehead atoms. The highest BCUT2D eigenvalue weighted by atomic mass is 19.2. The van der Waals surface area contributed by atoms with Gasteiger partial charge < -0.3 is 4.84 Å². The van der Waals surface area contributed by atoms with Crippen molar-refractivity contribution in [3.05, 3.63) is 59.0 Å². The van der Waals surface area contributed by atoms with Crippen LogP contribution in [0.3, 0.4) is 0 Å². The van der Waals surface area contributed by atoms with Crippen LogP contribution in [0.25, 0.3) is 0 Å². The molecule has 0 aliphatic heterocycles. The van der Waals surface area contributed by atoms with Gasteiger partial charge in [0.25, 0.3) is 0 Å². The second kappa shape index (κ2) is 8.18. The van der Waals surface area contributed by atoms with Gasteiger partial charge in [-0.2, -0.15) is 0 Å². The standard InChI is InChI=1S/C14H12F5NO/c1-2-3-4-5-6-7-20-21-8-9-10(15)12(17)14(19)13(18)11(9)16/h3-7H,2,8H2,1H3/b4-3+,6-5+,20-7+. The maximum atomic E-state index is 13.2. The van der Waals surface area contributed by atoms with E-state index in [4.69, 9.17) is 0 Å². The molecule has 0 spiro atoms. The Kier molecular flexibility index (Phi) is 6.58. The lowest BCUT2D eigenvalue weighted by molar-refractivity contribution is 0.124. The average molecular weight is 305 g/mol. The number of benzene rings is 1. The SMILES string of the molecule is CC/C=C/C=C/C=N/OCc1c(F)c(F)c(F)c(F)c1F. The fourth-order valence-corrected chi connectivity index (χ4v) is 1.29. The quantitative estimate of drug-likeness (QED) is 0.190. The molecule has 2 nitrogen and oxygen atoms in total. The molecule has 114 valence electrons. The minimum atomic E-state index is -2.21. The molecular weight excluding hydrogens is 293 g/mol. The summed E-state index contributed by atoms with van der Waals surface area (Å²) >= 11 is 0. The van der Waals surface area contributed by atoms with Crippen LogP contribution in [0.2, 0.25) is 0 Å². The molecule has 0 aromatic heterocycles. The summed E-state index contributed by atoms with van der Waals surface area (Å²) in [5, 5.41) is 3.31. The van der Waals surface area contributed by atoms with Gasteiger partial charge in [-0.15, -0.1) is 0 Å². The van der Waals surface area contributed by atoms with Gasteiger partial charge in [-0.1, -0.05) is 30.3 Å². The second-order valence-electron chi connectivity index (χ2n) is 3.80. The molecule has 0 unspecified atom stereocenters. The van der Waals surface area contributed by atoms with E-state index in [0.29, 0.717) is 0 Å². The highest BCUT2D eigenvalue weighted by molar-refractivity contribution is 5.70. The first-order valence-electron chi connectivity index (χ1n) is 5.98. The van der Waals surface area contributed by atoms with E-state index in [1.54, 1.807) is 12.2 Å². The van der Waals surface area contributed by atoms with Gasteiger partial charge >= 0.3 is 0 Å². The monoisotopic (exact) mass is 305 g/mol. The number of allylic oxidation sites excluding steroid dienone is 4. The number of hydrogen-bond acceptors (Lipinski definition) is 2. The summed E-state index contributed by atoms with van der Waals surface area (Å²) in [6.07, 6.45) is 8.76. The molecule has 0 fully saturated rings. The highest BCUT2D eigenvalue weighted by Crippen LogP contribution is 2.23. The summed E-state index contributed by atoms with van der Waals surface area (Å²) < 4.78 is 65.0. The molecule has 0 saturated carbocycles. The lowest BCUT2D eigenvalue weighted by Gasteiger charge is -2.06. The number of hydrogen-bond donors (Lipinski definition) is 0. The normalized spacial score (nSPS) is 12.1. The van der Waals surface area contributed by atoms with E-state index >= 15 is 0 Å². The van der Waals surface area contributed by atoms with Crippen LogP contribution >= 0.6 is 0 Å². The van der Waals surface area contributed by atoms with E-state index in [-0.39, 0.29) is 0 Å². The zero-order valence-corrected chi connectivity index (χ0v) is 11.0. The lowest BCUT2D eigenvalue weighted by Crippen LogP contribution is -2.07. The third-order valence-electron chi connectivity index (χ3n) is 2.33. The number of halogens is 5. The van der Waals surface area contributed by atoms with Crippen molar-refractivity contribution in [1.29, 1.82) is 0 Å². The van der Waals surface area contributed by atoms with Crippen molar-refractivity contribution in [2.45, 2.75) is 20.0 Å². The van der Waals surface area contributed by atoms with Crippen molar-refractivity contribution in [2.24, 2.45) is 5.16 Å². The van der Waals surface area contributed by atoms with Gasteiger partial charge in [0, 0.05) is 0 Å². The molecule has 0 radical (unpaired) electrons. The number of nitrogens with zero attached hydrogens (tertiary/aromatic N) is 1. The topological polar surface area (TPSA) is 21.6 Å². The van der Waals surface area contributed by atoms with Crippen LogP contribution in [0.15, 0.2) is 29.5 Å². The minimum absolute atomic E-state index is 0.859. The summed E-state index contributed by atoms with van der Waals surface area (Å²) in [7, 11) is 0. The van der Waals surface area contributed by atoms with Gasteiger partial charge in [0.2, 0.25) is 5.82 Å². The molecule has 0 heterocycles. The van der Waals surface area contributed by atoms with Gasteiger partial charge in [-0.25, -0.2) is 22.0 Å². The molecule has 1 aromatic rings. The van der Waals surface area contributed by atoms with Crippen molar-refractivity contribution < 1.29 is 26.8 Å². The Balaban J connectivity index is 2.71. The summed E-state index contributed by atoms with van der Waals surface area (Å²) in [5.41, 5.74) is -1.07. The Hall–Kier alpha value is -2.18. The van der Waals surface area contributed by atoms with Crippen LogP contribution in [0.4, 0.5) is 22.0 Å². The molecule has 1 aromatic carbocycles. The van der Waals surface area contributed by atoms with E-state index in [1.165, 1.54) is 12.3 Å². The van der Waals surface area contributed by atoms with E-state index in [1.807, 2.05) is 13.0 Å². The highest BCUT2D eigenvalue weighted by Gasteiger charge is 2.25. The van der Waals surface area contributed by atoms with Gasteiger partial charge in [-0.3, -0.25) is 0 Å². The minimum Gasteiger partial charge on any atom is -0.391 e. The first kappa shape index (κ1) is 16.9. The molecule has 0 saturated heterocycles. The van der Waals surface area contributed by atoms with E-state index < -0.39 is 41.3 Å². The Bertz CT molecular complexity index is 552. The maximum Gasteiger partial charge on any atom is 0.200 e. The van der Waals surface area contributed by atoms with Crippen LogP contribution in [0, 0.1) is 29.1 Å². The first-order valence-corrected chi connectivity index (χ1v) is 5.98. The number of oxime groups is 1. The molecule has 7 heteroatoms. The second-order valence-corrected chi connectivity index (χ2v) is 3.80. The lowest BCUT2D eigenvalue weighted by atomic mass is 10.2. The first-order chi connectivity index (χ1) is 10.0. The van der Waals surface area contributed by atoms with Gasteiger partial charge in [0.15, 0.2) is 23.3 Å². The molecular formula is C14H12F5NO. The molecule has 0 N–H and O–H groups in total. The molecule has 1 rings (SSSR count). The van der Waals surface area contributed by atoms with Gasteiger partial charge in [0.1, 0.15) is 6.61 Å². The fraction of sp³-hybridized carbons (Fsp3) is 0.214. The summed E-state index contributed by atoms with van der Waals surface area (Å²) in [5.74, 6) is -10.1. The van der Waals surface area contributed by atoms with Gasteiger partial charge in [0.05, 0.1) is 11.8 Å². The largest absolute Gasteiger partial charge is 0.391 e. The molecule has 21 heavy (non-hydrogen) atoms. The molecule has 0 atom stereocenters. The summed E-state index contributed by atoms with van der Waals surface area (Å²) in [6, 6.07) is 0. The van der Waals surface area contributed by atoms with Crippen molar-refractivity contribution in [3.63, 3.8) is 0 Å². The Morgan fingerprint density at radius 3 is 2.00 bits per heavy atom. The van der Waals surface area contributed by atoms with Crippen molar-refractivity contribution in [3.8, 4) is 0 Å². The van der Waals surface area contributed by atoms with Crippen molar-refractivity contribution in [2.75, 3.05) is 0 Å². The van der Waals surface area contributed by atoms with E-state index in [0.717, 1.165) is 6.42 Å². The molecule has 0 amide bonds. The predicted molar refractivity (Wildman–Crippen MR) is 68.1 cm³/mol. The zero-order valence-electron chi connectivity index (χ0n) is 11.0. The molecule has 0 aliphatic carbocycles. The Labute approximate surface area is 118 Å². The van der Waals surface area contributed by atoms with E-state index in [2.05, 4.69) is 9.99 Å². The Morgan fingerprint density at radius 2 is 1.43 bits per heavy atom. The predicted octanol–water partition coefficient (Wildman–Crippen LogP) is 4.41. The average Bonchev–Trinajstić information content (AvgIpc) is 2.49. The third-order valence-corrected chi connectivity index (χ3v) is 2.33. The zero-order chi connectivity index (χ0) is 15.8. The maximum absolute atomic E-state index is 13.2. The molecule has 0 aliphatic rings. The van der Waals surface area contributed by atoms with Crippen LogP contribution in [-0.2, 0) is 11.4 Å². The van der Waals surface area contributed by atoms with Crippen LogP contribution in [-0.4, -0.2) is 6.21 Å². The van der Waals surface area contributed by atoms with Crippen LogP contribution < -0.4 is 0 Å².